The van der Waals surface area contributed by atoms with Crippen molar-refractivity contribution in [3.05, 3.63) is 65.2 Å². The second-order valence-electron chi connectivity index (χ2n) is 9.53. The molecule has 0 amide bonds. The second kappa shape index (κ2) is 12.2. The molecule has 0 saturated heterocycles. The zero-order valence-corrected chi connectivity index (χ0v) is 21.7. The van der Waals surface area contributed by atoms with Gasteiger partial charge < -0.3 is 15.6 Å². The Kier molecular flexibility index (Phi) is 8.83. The predicted octanol–water partition coefficient (Wildman–Crippen LogP) is 6.25. The molecule has 4 N–H and O–H groups in total. The number of aromatic carboxylic acids is 1. The van der Waals surface area contributed by atoms with Gasteiger partial charge in [0, 0.05) is 22.6 Å². The number of hydrogen-bond donors (Lipinski definition) is 3. The molecule has 7 nitrogen and oxygen atoms in total. The van der Waals surface area contributed by atoms with Gasteiger partial charge in [-0.2, -0.15) is 4.98 Å². The fourth-order valence-electron chi connectivity index (χ4n) is 4.80. The predicted molar refractivity (Wildman–Crippen MR) is 144 cm³/mol. The first-order valence-electron chi connectivity index (χ1n) is 12.5. The average Bonchev–Trinajstić information content (AvgIpc) is 2.87. The third-order valence-electron chi connectivity index (χ3n) is 6.59. The average molecular weight is 507 g/mol. The van der Waals surface area contributed by atoms with Crippen LogP contribution in [0.15, 0.2) is 53.4 Å². The summed E-state index contributed by atoms with van der Waals surface area (Å²) in [6.07, 6.45) is 7.41. The second-order valence-corrected chi connectivity index (χ2v) is 10.4. The van der Waals surface area contributed by atoms with Crippen LogP contribution in [0.3, 0.4) is 0 Å². The molecule has 1 fully saturated rings. The first-order valence-corrected chi connectivity index (χ1v) is 13.3. The highest BCUT2D eigenvalue weighted by atomic mass is 32.2. The van der Waals surface area contributed by atoms with E-state index in [1.807, 2.05) is 18.2 Å². The first kappa shape index (κ1) is 26.0. The number of carbonyl (C=O) groups is 1. The molecule has 1 atom stereocenters. The van der Waals surface area contributed by atoms with E-state index in [1.54, 1.807) is 18.2 Å². The molecule has 0 radical (unpaired) electrons. The minimum absolute atomic E-state index is 0.0451. The third kappa shape index (κ3) is 6.98. The molecule has 36 heavy (non-hydrogen) atoms. The van der Waals surface area contributed by atoms with Crippen molar-refractivity contribution in [3.8, 4) is 17.1 Å². The molecule has 1 aliphatic carbocycles. The summed E-state index contributed by atoms with van der Waals surface area (Å²) >= 11 is 1.26. The third-order valence-corrected chi connectivity index (χ3v) is 7.36. The van der Waals surface area contributed by atoms with E-state index >= 15 is 0 Å². The van der Waals surface area contributed by atoms with Gasteiger partial charge in [0.2, 0.25) is 11.8 Å². The van der Waals surface area contributed by atoms with Crippen LogP contribution >= 0.6 is 11.9 Å². The fourth-order valence-corrected chi connectivity index (χ4v) is 5.43. The molecule has 3 aromatic rings. The normalized spacial score (nSPS) is 14.9. The zero-order chi connectivity index (χ0) is 25.5. The molecule has 1 aromatic heterocycles. The standard InChI is InChI=1S/C28H34N4O3S/c1-18-8-6-9-19(2)26(18)24-16-25(35-17-22(29)14-20-10-4-3-5-11-20)31-28(30-24)32-36-23-13-7-12-21(15-23)27(33)34/h6-9,12-13,15-16,20,22H,3-5,10-11,14,17,29H2,1-2H3,(H,33,34)(H,30,31,32). The van der Waals surface area contributed by atoms with Crippen LogP contribution in [0, 0.1) is 19.8 Å². The van der Waals surface area contributed by atoms with E-state index in [0.717, 1.165) is 33.7 Å². The minimum Gasteiger partial charge on any atom is -0.478 e. The van der Waals surface area contributed by atoms with Gasteiger partial charge in [0.05, 0.1) is 11.3 Å². The van der Waals surface area contributed by atoms with Crippen LogP contribution in [0.5, 0.6) is 5.88 Å². The van der Waals surface area contributed by atoms with Crippen molar-refractivity contribution in [1.29, 1.82) is 0 Å². The van der Waals surface area contributed by atoms with Crippen LogP contribution in [0.2, 0.25) is 0 Å². The zero-order valence-electron chi connectivity index (χ0n) is 20.9. The Labute approximate surface area is 217 Å². The van der Waals surface area contributed by atoms with Gasteiger partial charge in [0.1, 0.15) is 6.61 Å². The number of aromatic nitrogens is 2. The largest absolute Gasteiger partial charge is 0.478 e. The molecular weight excluding hydrogens is 472 g/mol. The number of benzene rings is 2. The maximum atomic E-state index is 11.3. The van der Waals surface area contributed by atoms with E-state index in [9.17, 15) is 9.90 Å². The van der Waals surface area contributed by atoms with Gasteiger partial charge in [-0.25, -0.2) is 9.78 Å². The van der Waals surface area contributed by atoms with E-state index in [1.165, 1.54) is 44.1 Å². The Balaban J connectivity index is 1.53. The Morgan fingerprint density at radius 1 is 1.11 bits per heavy atom. The fraction of sp³-hybridized carbons (Fsp3) is 0.393. The number of carboxylic acids is 1. The number of nitrogens with one attached hydrogen (secondary N) is 1. The summed E-state index contributed by atoms with van der Waals surface area (Å²) in [5, 5.41) is 9.27. The lowest BCUT2D eigenvalue weighted by molar-refractivity contribution is 0.0696. The summed E-state index contributed by atoms with van der Waals surface area (Å²) in [7, 11) is 0. The maximum absolute atomic E-state index is 11.3. The van der Waals surface area contributed by atoms with E-state index in [2.05, 4.69) is 35.7 Å². The molecule has 0 spiro atoms. The highest BCUT2D eigenvalue weighted by Gasteiger charge is 2.18. The van der Waals surface area contributed by atoms with Crippen molar-refractivity contribution in [1.82, 2.24) is 9.97 Å². The molecule has 1 aliphatic rings. The molecule has 4 rings (SSSR count). The number of anilines is 1. The Bertz CT molecular complexity index is 1180. The summed E-state index contributed by atoms with van der Waals surface area (Å²) in [5.74, 6) is 0.565. The molecule has 1 heterocycles. The topological polar surface area (TPSA) is 110 Å². The van der Waals surface area contributed by atoms with Crippen LogP contribution in [-0.4, -0.2) is 33.7 Å². The summed E-state index contributed by atoms with van der Waals surface area (Å²) in [4.78, 5) is 21.4. The quantitative estimate of drug-likeness (QED) is 0.277. The van der Waals surface area contributed by atoms with Crippen molar-refractivity contribution in [2.75, 3.05) is 11.3 Å². The van der Waals surface area contributed by atoms with Crippen LogP contribution < -0.4 is 15.2 Å². The summed E-state index contributed by atoms with van der Waals surface area (Å²) in [6, 6.07) is 14.7. The van der Waals surface area contributed by atoms with Crippen LogP contribution in [-0.2, 0) is 0 Å². The minimum atomic E-state index is -0.967. The summed E-state index contributed by atoms with van der Waals surface area (Å²) in [5.41, 5.74) is 10.7. The smallest absolute Gasteiger partial charge is 0.335 e. The monoisotopic (exact) mass is 506 g/mol. The number of nitrogens with two attached hydrogens (primary N) is 1. The molecule has 0 aliphatic heterocycles. The molecule has 8 heteroatoms. The van der Waals surface area contributed by atoms with Gasteiger partial charge >= 0.3 is 5.97 Å². The van der Waals surface area contributed by atoms with Gasteiger partial charge in [0.25, 0.3) is 0 Å². The van der Waals surface area contributed by atoms with Crippen LogP contribution in [0.1, 0.15) is 60.0 Å². The van der Waals surface area contributed by atoms with Gasteiger partial charge in [-0.3, -0.25) is 4.72 Å². The van der Waals surface area contributed by atoms with E-state index < -0.39 is 5.97 Å². The van der Waals surface area contributed by atoms with Crippen LogP contribution in [0.25, 0.3) is 11.3 Å². The molecule has 1 saturated carbocycles. The van der Waals surface area contributed by atoms with Crippen molar-refractivity contribution in [2.24, 2.45) is 11.7 Å². The molecule has 2 aromatic carbocycles. The van der Waals surface area contributed by atoms with E-state index in [-0.39, 0.29) is 11.6 Å². The maximum Gasteiger partial charge on any atom is 0.335 e. The highest BCUT2D eigenvalue weighted by Crippen LogP contribution is 2.31. The lowest BCUT2D eigenvalue weighted by Crippen LogP contribution is -2.31. The Hall–Kier alpha value is -3.10. The lowest BCUT2D eigenvalue weighted by atomic mass is 9.85. The van der Waals surface area contributed by atoms with Crippen molar-refractivity contribution >= 4 is 23.9 Å². The van der Waals surface area contributed by atoms with E-state index in [0.29, 0.717) is 24.4 Å². The molecule has 190 valence electrons. The Morgan fingerprint density at radius 2 is 1.83 bits per heavy atom. The van der Waals surface area contributed by atoms with E-state index in [4.69, 9.17) is 15.5 Å². The molecule has 0 bridgehead atoms. The number of carboxylic acid groups (broad SMARTS) is 1. The van der Waals surface area contributed by atoms with Crippen molar-refractivity contribution < 1.29 is 14.6 Å². The highest BCUT2D eigenvalue weighted by molar-refractivity contribution is 8.00. The lowest BCUT2D eigenvalue weighted by Gasteiger charge is -2.24. The number of nitrogens with zero attached hydrogens (tertiary/aromatic N) is 2. The first-order chi connectivity index (χ1) is 17.4. The summed E-state index contributed by atoms with van der Waals surface area (Å²) < 4.78 is 9.25. The van der Waals surface area contributed by atoms with Crippen LogP contribution in [0.4, 0.5) is 5.95 Å². The SMILES string of the molecule is Cc1cccc(C)c1-c1cc(OCC(N)CC2CCCCC2)nc(NSc2cccc(C(=O)O)c2)n1. The molecule has 1 unspecified atom stereocenters. The van der Waals surface area contributed by atoms with Gasteiger partial charge in [-0.15, -0.1) is 0 Å². The summed E-state index contributed by atoms with van der Waals surface area (Å²) in [6.45, 7) is 4.52. The van der Waals surface area contributed by atoms with Gasteiger partial charge in [0.15, 0.2) is 0 Å². The Morgan fingerprint density at radius 3 is 2.56 bits per heavy atom. The number of ether oxygens (including phenoxy) is 1. The number of aryl methyl sites for hydroxylation is 2. The number of rotatable bonds is 10. The van der Waals surface area contributed by atoms with Gasteiger partial charge in [-0.1, -0.05) is 56.4 Å². The number of hydrogen-bond acceptors (Lipinski definition) is 7. The van der Waals surface area contributed by atoms with Crippen molar-refractivity contribution in [3.63, 3.8) is 0 Å². The molecular formula is C28H34N4O3S. The van der Waals surface area contributed by atoms with Gasteiger partial charge in [-0.05, 0) is 67.5 Å². The van der Waals surface area contributed by atoms with Crippen molar-refractivity contribution in [2.45, 2.75) is 63.3 Å².